The van der Waals surface area contributed by atoms with E-state index in [0.29, 0.717) is 6.42 Å². The van der Waals surface area contributed by atoms with Gasteiger partial charge in [-0.2, -0.15) is 0 Å². The molecule has 1 aliphatic rings. The molecule has 0 N–H and O–H groups in total. The summed E-state index contributed by atoms with van der Waals surface area (Å²) in [5, 5.41) is 0. The minimum atomic E-state index is -0.485. The highest BCUT2D eigenvalue weighted by Crippen LogP contribution is 1.96. The molecule has 0 radical (unpaired) electrons. The van der Waals surface area contributed by atoms with Gasteiger partial charge in [0.15, 0.2) is 0 Å². The van der Waals surface area contributed by atoms with E-state index in [9.17, 15) is 4.79 Å². The Morgan fingerprint density at radius 2 is 2.40 bits per heavy atom. The maximum Gasteiger partial charge on any atom is 0.385 e. The van der Waals surface area contributed by atoms with Crippen molar-refractivity contribution in [2.45, 2.75) is 19.4 Å². The Hall–Kier alpha value is -1.41. The van der Waals surface area contributed by atoms with Crippen LogP contribution in [0.25, 0.3) is 0 Å². The van der Waals surface area contributed by atoms with Crippen LogP contribution < -0.4 is 0 Å². The molecule has 0 aliphatic carbocycles. The molecule has 0 saturated carbocycles. The molecule has 0 saturated heterocycles. The van der Waals surface area contributed by atoms with Crippen molar-refractivity contribution in [2.75, 3.05) is 0 Å². The molecule has 2 heteroatoms. The molecule has 0 fully saturated rings. The van der Waals surface area contributed by atoms with Crippen molar-refractivity contribution < 1.29 is 9.53 Å². The summed E-state index contributed by atoms with van der Waals surface area (Å²) in [5.74, 6) is 9.41. The molecule has 50 valence electrons. The first-order valence-electron chi connectivity index (χ1n) is 2.98. The summed E-state index contributed by atoms with van der Waals surface area (Å²) in [5.41, 5.74) is 0. The zero-order valence-electron chi connectivity index (χ0n) is 5.60. The van der Waals surface area contributed by atoms with Gasteiger partial charge >= 0.3 is 5.97 Å². The van der Waals surface area contributed by atoms with Gasteiger partial charge in [0.2, 0.25) is 0 Å². The van der Waals surface area contributed by atoms with Crippen LogP contribution in [0, 0.1) is 23.7 Å². The van der Waals surface area contributed by atoms with Crippen LogP contribution in [-0.4, -0.2) is 12.1 Å². The fourth-order valence-corrected chi connectivity index (χ4v) is 0.575. The van der Waals surface area contributed by atoms with Crippen LogP contribution in [0.1, 0.15) is 13.3 Å². The summed E-state index contributed by atoms with van der Waals surface area (Å²) < 4.78 is 4.78. The van der Waals surface area contributed by atoms with E-state index in [0.717, 1.165) is 0 Å². The highest BCUT2D eigenvalue weighted by Gasteiger charge is 2.05. The van der Waals surface area contributed by atoms with Crippen molar-refractivity contribution in [3.8, 4) is 23.7 Å². The molecular weight excluding hydrogens is 128 g/mol. The van der Waals surface area contributed by atoms with E-state index in [1.165, 1.54) is 0 Å². The van der Waals surface area contributed by atoms with Gasteiger partial charge in [0.25, 0.3) is 0 Å². The predicted molar refractivity (Wildman–Crippen MR) is 35.7 cm³/mol. The topological polar surface area (TPSA) is 26.3 Å². The van der Waals surface area contributed by atoms with Crippen LogP contribution in [-0.2, 0) is 9.53 Å². The fraction of sp³-hybridized carbons (Fsp3) is 0.375. The Bertz CT molecular complexity index is 256. The van der Waals surface area contributed by atoms with E-state index in [2.05, 4.69) is 23.7 Å². The monoisotopic (exact) mass is 134 g/mol. The van der Waals surface area contributed by atoms with Crippen molar-refractivity contribution in [1.29, 1.82) is 0 Å². The van der Waals surface area contributed by atoms with Crippen LogP contribution >= 0.6 is 0 Å². The molecular formula is C8H6O2. The second kappa shape index (κ2) is 2.94. The minimum Gasteiger partial charge on any atom is -0.452 e. The Labute approximate surface area is 59.6 Å². The number of cyclic esters (lactones) is 1. The van der Waals surface area contributed by atoms with Crippen LogP contribution in [0.5, 0.6) is 0 Å². The van der Waals surface area contributed by atoms with Crippen LogP contribution in [0.3, 0.4) is 0 Å². The molecule has 0 aromatic heterocycles. The Balaban J connectivity index is 2.72. The Morgan fingerprint density at radius 3 is 3.20 bits per heavy atom. The lowest BCUT2D eigenvalue weighted by Gasteiger charge is -2.06. The number of esters is 1. The van der Waals surface area contributed by atoms with Gasteiger partial charge in [0, 0.05) is 12.3 Å². The normalized spacial score (nSPS) is 22.1. The molecule has 1 rings (SSSR count). The van der Waals surface area contributed by atoms with Crippen LogP contribution in [0.2, 0.25) is 0 Å². The number of carbonyl (C=O) groups is 1. The number of hydrogen-bond acceptors (Lipinski definition) is 2. The summed E-state index contributed by atoms with van der Waals surface area (Å²) in [7, 11) is 0. The maximum atomic E-state index is 10.6. The van der Waals surface area contributed by atoms with E-state index < -0.39 is 5.97 Å². The third-order valence-corrected chi connectivity index (χ3v) is 1.01. The van der Waals surface area contributed by atoms with Crippen molar-refractivity contribution in [1.82, 2.24) is 0 Å². The number of hydrogen-bond donors (Lipinski definition) is 0. The van der Waals surface area contributed by atoms with Crippen LogP contribution in [0.4, 0.5) is 0 Å². The lowest BCUT2D eigenvalue weighted by Crippen LogP contribution is -2.13. The average Bonchev–Trinajstić information content (AvgIpc) is 1.83. The van der Waals surface area contributed by atoms with Gasteiger partial charge in [-0.3, -0.25) is 0 Å². The Kier molecular flexibility index (Phi) is 1.97. The predicted octanol–water partition coefficient (Wildman–Crippen LogP) is 0.329. The molecule has 0 bridgehead atoms. The van der Waals surface area contributed by atoms with Gasteiger partial charge in [-0.05, 0) is 18.8 Å². The average molecular weight is 134 g/mol. The van der Waals surface area contributed by atoms with E-state index in [-0.39, 0.29) is 6.10 Å². The van der Waals surface area contributed by atoms with Crippen molar-refractivity contribution in [3.63, 3.8) is 0 Å². The van der Waals surface area contributed by atoms with Gasteiger partial charge < -0.3 is 4.74 Å². The molecule has 10 heavy (non-hydrogen) atoms. The van der Waals surface area contributed by atoms with Crippen molar-refractivity contribution in [3.05, 3.63) is 0 Å². The van der Waals surface area contributed by atoms with Gasteiger partial charge in [-0.1, -0.05) is 5.92 Å². The maximum absolute atomic E-state index is 10.6. The molecule has 0 amide bonds. The van der Waals surface area contributed by atoms with E-state index in [1.54, 1.807) is 6.92 Å². The summed E-state index contributed by atoms with van der Waals surface area (Å²) >= 11 is 0. The third-order valence-electron chi connectivity index (χ3n) is 1.01. The molecule has 0 aromatic rings. The van der Waals surface area contributed by atoms with E-state index in [1.807, 2.05) is 0 Å². The largest absolute Gasteiger partial charge is 0.452 e. The molecule has 0 aromatic carbocycles. The van der Waals surface area contributed by atoms with Gasteiger partial charge in [0.1, 0.15) is 6.10 Å². The quantitative estimate of drug-likeness (QED) is 0.271. The standard InChI is InChI=1S/C8H6O2/c1-7-5-3-2-4-6-8(9)10-7/h7H,5H2,1H3. The van der Waals surface area contributed by atoms with Gasteiger partial charge in [-0.15, -0.1) is 0 Å². The molecule has 1 unspecified atom stereocenters. The minimum absolute atomic E-state index is 0.130. The molecule has 1 heterocycles. The smallest absolute Gasteiger partial charge is 0.385 e. The summed E-state index contributed by atoms with van der Waals surface area (Å²) in [6.45, 7) is 1.79. The summed E-state index contributed by atoms with van der Waals surface area (Å²) in [6.07, 6.45) is 0.440. The van der Waals surface area contributed by atoms with E-state index >= 15 is 0 Å². The number of ether oxygens (including phenoxy) is 1. The number of rotatable bonds is 0. The SMILES string of the molecule is CC1CC#CC#CC(=O)O1. The van der Waals surface area contributed by atoms with Gasteiger partial charge in [0.05, 0.1) is 0 Å². The lowest BCUT2D eigenvalue weighted by atomic mass is 10.3. The van der Waals surface area contributed by atoms with Crippen molar-refractivity contribution >= 4 is 5.97 Å². The highest BCUT2D eigenvalue weighted by molar-refractivity contribution is 5.89. The van der Waals surface area contributed by atoms with Crippen LogP contribution in [0.15, 0.2) is 0 Å². The zero-order valence-corrected chi connectivity index (χ0v) is 5.60. The first-order valence-corrected chi connectivity index (χ1v) is 2.98. The molecule has 2 nitrogen and oxygen atoms in total. The van der Waals surface area contributed by atoms with E-state index in [4.69, 9.17) is 4.74 Å². The second-order valence-corrected chi connectivity index (χ2v) is 1.97. The van der Waals surface area contributed by atoms with Gasteiger partial charge in [-0.25, -0.2) is 4.79 Å². The summed E-state index contributed by atoms with van der Waals surface area (Å²) in [4.78, 5) is 10.6. The highest BCUT2D eigenvalue weighted by atomic mass is 16.5. The zero-order chi connectivity index (χ0) is 7.40. The molecule has 0 spiro atoms. The lowest BCUT2D eigenvalue weighted by molar-refractivity contribution is -0.140. The van der Waals surface area contributed by atoms with Crippen molar-refractivity contribution in [2.24, 2.45) is 0 Å². The fourth-order valence-electron chi connectivity index (χ4n) is 0.575. The first kappa shape index (κ1) is 6.71. The Morgan fingerprint density at radius 1 is 1.60 bits per heavy atom. The first-order chi connectivity index (χ1) is 4.79. The molecule has 1 atom stereocenters. The third kappa shape index (κ3) is 1.84. The number of carbonyl (C=O) groups excluding carboxylic acids is 1. The molecule has 1 aliphatic heterocycles. The second-order valence-electron chi connectivity index (χ2n) is 1.97. The summed E-state index contributed by atoms with van der Waals surface area (Å²) in [6, 6.07) is 0.